The Balaban J connectivity index is 0.000000139. The Morgan fingerprint density at radius 1 is 1.23 bits per heavy atom. The lowest BCUT2D eigenvalue weighted by Gasteiger charge is -2.09. The van der Waals surface area contributed by atoms with Crippen molar-refractivity contribution >= 4 is 12.0 Å². The van der Waals surface area contributed by atoms with Crippen molar-refractivity contribution < 1.29 is 9.53 Å². The van der Waals surface area contributed by atoms with Gasteiger partial charge in [0.15, 0.2) is 0 Å². The van der Waals surface area contributed by atoms with E-state index in [1.54, 1.807) is 6.20 Å². The van der Waals surface area contributed by atoms with Gasteiger partial charge in [-0.15, -0.1) is 0 Å². The first-order chi connectivity index (χ1) is 10.7. The van der Waals surface area contributed by atoms with E-state index in [9.17, 15) is 4.79 Å². The maximum absolute atomic E-state index is 10.8. The number of aromatic nitrogens is 2. The first kappa shape index (κ1) is 14.4. The molecule has 0 saturated carbocycles. The minimum absolute atomic E-state index is 0.117. The first-order valence-electron chi connectivity index (χ1n) is 7.45. The van der Waals surface area contributed by atoms with Gasteiger partial charge in [-0.2, -0.15) is 0 Å². The molecule has 22 heavy (non-hydrogen) atoms. The number of carbonyl (C=O) groups is 1. The second-order valence-corrected chi connectivity index (χ2v) is 5.33. The molecule has 0 aromatic carbocycles. The van der Waals surface area contributed by atoms with E-state index in [-0.39, 0.29) is 12.1 Å². The molecule has 0 amide bonds. The summed E-state index contributed by atoms with van der Waals surface area (Å²) in [6.45, 7) is 1.43. The van der Waals surface area contributed by atoms with E-state index in [0.29, 0.717) is 0 Å². The molecule has 0 fully saturated rings. The Labute approximate surface area is 129 Å². The highest BCUT2D eigenvalue weighted by atomic mass is 16.5. The van der Waals surface area contributed by atoms with Crippen LogP contribution in [0.4, 0.5) is 0 Å². The quantitative estimate of drug-likeness (QED) is 0.757. The molecule has 2 aromatic rings. The van der Waals surface area contributed by atoms with E-state index in [0.717, 1.165) is 25.0 Å². The molecule has 0 radical (unpaired) electrons. The average molecular weight is 294 g/mol. The molecule has 1 unspecified atom stereocenters. The molecule has 4 heteroatoms. The second kappa shape index (κ2) is 6.52. The SMILES string of the molecule is C1=Cc2cccnc2C1.CC(=O)OC1CCc2cccnc21. The normalized spacial score (nSPS) is 17.2. The predicted molar refractivity (Wildman–Crippen MR) is 84.0 cm³/mol. The van der Waals surface area contributed by atoms with Crippen molar-refractivity contribution in [3.05, 3.63) is 65.2 Å². The number of fused-ring (bicyclic) bond motifs is 2. The predicted octanol–water partition coefficient (Wildman–Crippen LogP) is 3.28. The zero-order valence-corrected chi connectivity index (χ0v) is 12.5. The molecule has 2 aromatic heterocycles. The Morgan fingerprint density at radius 2 is 2.05 bits per heavy atom. The van der Waals surface area contributed by atoms with Gasteiger partial charge in [-0.3, -0.25) is 14.8 Å². The van der Waals surface area contributed by atoms with Gasteiger partial charge in [0.1, 0.15) is 6.10 Å². The van der Waals surface area contributed by atoms with E-state index < -0.39 is 0 Å². The summed E-state index contributed by atoms with van der Waals surface area (Å²) in [5.74, 6) is -0.233. The molecule has 4 rings (SSSR count). The van der Waals surface area contributed by atoms with E-state index in [1.807, 2.05) is 24.4 Å². The number of allylic oxidation sites excluding steroid dienone is 1. The lowest BCUT2D eigenvalue weighted by atomic mass is 10.2. The van der Waals surface area contributed by atoms with Gasteiger partial charge in [0.05, 0.1) is 11.4 Å². The molecule has 0 spiro atoms. The van der Waals surface area contributed by atoms with Gasteiger partial charge in [0, 0.05) is 25.7 Å². The summed E-state index contributed by atoms with van der Waals surface area (Å²) in [5.41, 5.74) is 4.61. The van der Waals surface area contributed by atoms with Crippen LogP contribution in [0.25, 0.3) is 6.08 Å². The Hall–Kier alpha value is -2.49. The van der Waals surface area contributed by atoms with Crippen LogP contribution in [0.1, 0.15) is 42.0 Å². The van der Waals surface area contributed by atoms with Gasteiger partial charge in [0.25, 0.3) is 0 Å². The van der Waals surface area contributed by atoms with Crippen molar-refractivity contribution in [2.45, 2.75) is 32.3 Å². The van der Waals surface area contributed by atoms with Crippen molar-refractivity contribution in [2.24, 2.45) is 0 Å². The van der Waals surface area contributed by atoms with Gasteiger partial charge in [-0.1, -0.05) is 24.3 Å². The Morgan fingerprint density at radius 3 is 2.86 bits per heavy atom. The van der Waals surface area contributed by atoms with Crippen LogP contribution in [0.2, 0.25) is 0 Å². The summed E-state index contributed by atoms with van der Waals surface area (Å²) in [7, 11) is 0. The second-order valence-electron chi connectivity index (χ2n) is 5.33. The lowest BCUT2D eigenvalue weighted by molar-refractivity contribution is -0.146. The van der Waals surface area contributed by atoms with Crippen molar-refractivity contribution in [2.75, 3.05) is 0 Å². The van der Waals surface area contributed by atoms with Crippen LogP contribution in [0, 0.1) is 0 Å². The largest absolute Gasteiger partial charge is 0.456 e. The number of rotatable bonds is 1. The highest BCUT2D eigenvalue weighted by Gasteiger charge is 2.25. The van der Waals surface area contributed by atoms with Gasteiger partial charge in [-0.05, 0) is 36.1 Å². The molecule has 2 heterocycles. The number of nitrogens with zero attached hydrogens (tertiary/aromatic N) is 2. The average Bonchev–Trinajstić information content (AvgIpc) is 3.15. The van der Waals surface area contributed by atoms with E-state index in [4.69, 9.17) is 4.74 Å². The van der Waals surface area contributed by atoms with Gasteiger partial charge < -0.3 is 4.74 Å². The summed E-state index contributed by atoms with van der Waals surface area (Å²) < 4.78 is 5.14. The summed E-state index contributed by atoms with van der Waals surface area (Å²) >= 11 is 0. The molecule has 0 N–H and O–H groups in total. The minimum Gasteiger partial charge on any atom is -0.456 e. The number of hydrogen-bond acceptors (Lipinski definition) is 4. The lowest BCUT2D eigenvalue weighted by Crippen LogP contribution is -2.06. The van der Waals surface area contributed by atoms with Crippen molar-refractivity contribution in [1.29, 1.82) is 0 Å². The number of carbonyl (C=O) groups excluding carboxylic acids is 1. The van der Waals surface area contributed by atoms with Crippen LogP contribution in [0.15, 0.2) is 42.7 Å². The summed E-state index contributed by atoms with van der Waals surface area (Å²) in [6.07, 6.45) is 10.5. The van der Waals surface area contributed by atoms with Crippen LogP contribution in [-0.4, -0.2) is 15.9 Å². The fraction of sp³-hybridized carbons (Fsp3) is 0.278. The molecule has 0 aliphatic heterocycles. The van der Waals surface area contributed by atoms with E-state index >= 15 is 0 Å². The fourth-order valence-electron chi connectivity index (χ4n) is 2.76. The summed E-state index contributed by atoms with van der Waals surface area (Å²) in [4.78, 5) is 19.2. The number of esters is 1. The van der Waals surface area contributed by atoms with Crippen molar-refractivity contribution in [1.82, 2.24) is 9.97 Å². The van der Waals surface area contributed by atoms with Crippen LogP contribution >= 0.6 is 0 Å². The standard InChI is InChI=1S/C10H11NO2.C8H7N/c1-7(12)13-9-5-4-8-3-2-6-11-10(8)9;1-3-7-4-2-6-9-8(7)5-1/h2-3,6,9H,4-5H2,1H3;1-4,6H,5H2. The zero-order chi connectivity index (χ0) is 15.4. The zero-order valence-electron chi connectivity index (χ0n) is 12.5. The molecule has 0 bridgehead atoms. The van der Waals surface area contributed by atoms with Crippen molar-refractivity contribution in [3.63, 3.8) is 0 Å². The summed E-state index contributed by atoms with van der Waals surface area (Å²) in [6, 6.07) is 8.00. The molecule has 2 aliphatic carbocycles. The van der Waals surface area contributed by atoms with Crippen LogP contribution in [0.5, 0.6) is 0 Å². The maximum Gasteiger partial charge on any atom is 0.303 e. The minimum atomic E-state index is -0.233. The molecule has 0 saturated heterocycles. The molecule has 2 aliphatic rings. The summed E-state index contributed by atoms with van der Waals surface area (Å²) in [5, 5.41) is 0. The Bertz CT molecular complexity index is 710. The highest BCUT2D eigenvalue weighted by molar-refractivity contribution is 5.66. The smallest absolute Gasteiger partial charge is 0.303 e. The third kappa shape index (κ3) is 3.22. The van der Waals surface area contributed by atoms with Gasteiger partial charge >= 0.3 is 5.97 Å². The van der Waals surface area contributed by atoms with Gasteiger partial charge in [-0.25, -0.2) is 0 Å². The van der Waals surface area contributed by atoms with Crippen molar-refractivity contribution in [3.8, 4) is 0 Å². The first-order valence-corrected chi connectivity index (χ1v) is 7.45. The third-order valence-electron chi connectivity index (χ3n) is 3.75. The van der Waals surface area contributed by atoms with Gasteiger partial charge in [0.2, 0.25) is 0 Å². The topological polar surface area (TPSA) is 52.1 Å². The molecular formula is C18H18N2O2. The van der Waals surface area contributed by atoms with Crippen LogP contribution in [0.3, 0.4) is 0 Å². The molecular weight excluding hydrogens is 276 g/mol. The van der Waals surface area contributed by atoms with Crippen LogP contribution < -0.4 is 0 Å². The van der Waals surface area contributed by atoms with E-state index in [2.05, 4.69) is 28.2 Å². The number of ether oxygens (including phenoxy) is 1. The number of aryl methyl sites for hydroxylation is 1. The number of pyridine rings is 2. The highest BCUT2D eigenvalue weighted by Crippen LogP contribution is 2.31. The number of hydrogen-bond donors (Lipinski definition) is 0. The third-order valence-corrected chi connectivity index (χ3v) is 3.75. The van der Waals surface area contributed by atoms with Crippen LogP contribution in [-0.2, 0) is 22.4 Å². The molecule has 112 valence electrons. The fourth-order valence-corrected chi connectivity index (χ4v) is 2.76. The maximum atomic E-state index is 10.8. The van der Waals surface area contributed by atoms with E-state index in [1.165, 1.54) is 23.7 Å². The molecule has 4 nitrogen and oxygen atoms in total. The molecule has 1 atom stereocenters. The monoisotopic (exact) mass is 294 g/mol. The Kier molecular flexibility index (Phi) is 4.28.